The lowest BCUT2D eigenvalue weighted by Crippen LogP contribution is -2.03. The number of amides is 1. The van der Waals surface area contributed by atoms with Crippen LogP contribution in [0.1, 0.15) is 30.0 Å². The number of carbonyl (C=O) groups excluding carboxylic acids is 1. The number of halogens is 1. The molecule has 4 nitrogen and oxygen atoms in total. The van der Waals surface area contributed by atoms with Gasteiger partial charge in [-0.05, 0) is 48.9 Å². The van der Waals surface area contributed by atoms with Crippen LogP contribution in [-0.2, 0) is 9.53 Å². The van der Waals surface area contributed by atoms with Crippen LogP contribution in [0.15, 0.2) is 28.9 Å². The van der Waals surface area contributed by atoms with Gasteiger partial charge in [0.1, 0.15) is 0 Å². The van der Waals surface area contributed by atoms with Crippen molar-refractivity contribution in [2.75, 3.05) is 13.2 Å². The molecule has 4 rings (SSSR count). The van der Waals surface area contributed by atoms with E-state index in [1.807, 2.05) is 6.20 Å². The topological polar surface area (TPSA) is 65.2 Å². The van der Waals surface area contributed by atoms with Crippen LogP contribution >= 0.6 is 15.9 Å². The first-order valence-corrected chi connectivity index (χ1v) is 8.18. The first-order chi connectivity index (χ1) is 10.6. The molecule has 0 bridgehead atoms. The highest BCUT2D eigenvalue weighted by atomic mass is 79.9. The number of carbonyl (C=O) groups is 1. The minimum Gasteiger partial charge on any atom is -0.381 e. The van der Waals surface area contributed by atoms with Crippen LogP contribution < -0.4 is 5.73 Å². The normalized spacial score (nSPS) is 25.8. The molecule has 2 fully saturated rings. The Morgan fingerprint density at radius 2 is 2.18 bits per heavy atom. The Hall–Kier alpha value is -1.46. The number of primary amides is 1. The number of rotatable bonds is 1. The van der Waals surface area contributed by atoms with Crippen molar-refractivity contribution in [2.24, 2.45) is 11.1 Å². The highest BCUT2D eigenvalue weighted by Crippen LogP contribution is 2.63. The summed E-state index contributed by atoms with van der Waals surface area (Å²) in [4.78, 5) is 13.3. The van der Waals surface area contributed by atoms with Crippen LogP contribution in [0, 0.1) is 12.3 Å². The summed E-state index contributed by atoms with van der Waals surface area (Å²) >= 11 is 3.61. The van der Waals surface area contributed by atoms with Gasteiger partial charge in [-0.25, -0.2) is 0 Å². The van der Waals surface area contributed by atoms with E-state index in [2.05, 4.69) is 51.8 Å². The fourth-order valence-electron chi connectivity index (χ4n) is 3.31. The molecule has 2 atom stereocenters. The molecule has 2 heterocycles. The van der Waals surface area contributed by atoms with E-state index in [1.165, 1.54) is 39.3 Å². The van der Waals surface area contributed by atoms with Gasteiger partial charge in [0.05, 0.1) is 6.61 Å². The second-order valence-corrected chi connectivity index (χ2v) is 6.97. The summed E-state index contributed by atoms with van der Waals surface area (Å²) in [5, 5.41) is 2.50. The van der Waals surface area contributed by atoms with E-state index in [4.69, 9.17) is 9.53 Å². The van der Waals surface area contributed by atoms with E-state index in [0.717, 1.165) is 13.2 Å². The monoisotopic (exact) mass is 362 g/mol. The summed E-state index contributed by atoms with van der Waals surface area (Å²) in [5.41, 5.74) is 7.09. The SMILES string of the molecule is Cc1cc2cnc(C3CC34CCOC4)cc2cc1Br.NC=O. The predicted molar refractivity (Wildman–Crippen MR) is 89.7 cm³/mol. The van der Waals surface area contributed by atoms with Crippen molar-refractivity contribution >= 4 is 33.1 Å². The Bertz CT molecular complexity index is 711. The van der Waals surface area contributed by atoms with Crippen LogP contribution in [0.3, 0.4) is 0 Å². The number of ether oxygens (including phenoxy) is 1. The van der Waals surface area contributed by atoms with E-state index in [-0.39, 0.29) is 6.41 Å². The van der Waals surface area contributed by atoms with Gasteiger partial charge in [0.15, 0.2) is 0 Å². The molecule has 1 saturated heterocycles. The van der Waals surface area contributed by atoms with Gasteiger partial charge in [-0.15, -0.1) is 0 Å². The maximum Gasteiger partial charge on any atom is 0.204 e. The minimum atomic E-state index is 0.250. The van der Waals surface area contributed by atoms with Crippen LogP contribution in [0.5, 0.6) is 0 Å². The van der Waals surface area contributed by atoms with Gasteiger partial charge in [-0.2, -0.15) is 0 Å². The Balaban J connectivity index is 0.000000446. The number of benzene rings is 1. The molecule has 1 amide bonds. The fraction of sp³-hybridized carbons (Fsp3) is 0.412. The first-order valence-electron chi connectivity index (χ1n) is 7.38. The number of hydrogen-bond acceptors (Lipinski definition) is 3. The third-order valence-electron chi connectivity index (χ3n) is 4.70. The molecule has 116 valence electrons. The lowest BCUT2D eigenvalue weighted by molar-refractivity contribution is -0.106. The number of aryl methyl sites for hydroxylation is 1. The molecule has 1 aromatic carbocycles. The Labute approximate surface area is 138 Å². The average molecular weight is 363 g/mol. The first kappa shape index (κ1) is 15.4. The summed E-state index contributed by atoms with van der Waals surface area (Å²) in [6.07, 6.45) is 4.72. The molecular weight excluding hydrogens is 344 g/mol. The summed E-state index contributed by atoms with van der Waals surface area (Å²) < 4.78 is 6.73. The third-order valence-corrected chi connectivity index (χ3v) is 5.56. The van der Waals surface area contributed by atoms with Crippen LogP contribution in [0.25, 0.3) is 10.8 Å². The number of pyridine rings is 1. The number of fused-ring (bicyclic) bond motifs is 1. The van der Waals surface area contributed by atoms with Crippen molar-refractivity contribution in [1.82, 2.24) is 4.98 Å². The zero-order valence-corrected chi connectivity index (χ0v) is 14.1. The average Bonchev–Trinajstić information content (AvgIpc) is 2.98. The maximum atomic E-state index is 8.58. The van der Waals surface area contributed by atoms with Crippen molar-refractivity contribution < 1.29 is 9.53 Å². The third kappa shape index (κ3) is 2.75. The highest BCUT2D eigenvalue weighted by molar-refractivity contribution is 9.10. The smallest absolute Gasteiger partial charge is 0.204 e. The maximum absolute atomic E-state index is 8.58. The molecule has 0 radical (unpaired) electrons. The van der Waals surface area contributed by atoms with E-state index in [9.17, 15) is 0 Å². The van der Waals surface area contributed by atoms with Crippen molar-refractivity contribution in [3.63, 3.8) is 0 Å². The van der Waals surface area contributed by atoms with E-state index >= 15 is 0 Å². The molecule has 1 aliphatic heterocycles. The fourth-order valence-corrected chi connectivity index (χ4v) is 3.67. The van der Waals surface area contributed by atoms with Crippen molar-refractivity contribution in [3.8, 4) is 0 Å². The molecule has 1 spiro atoms. The second-order valence-electron chi connectivity index (χ2n) is 6.12. The summed E-state index contributed by atoms with van der Waals surface area (Å²) in [5.74, 6) is 0.611. The molecule has 2 aromatic rings. The molecule has 1 aliphatic carbocycles. The van der Waals surface area contributed by atoms with E-state index in [0.29, 0.717) is 11.3 Å². The van der Waals surface area contributed by atoms with Gasteiger partial charge in [0, 0.05) is 39.7 Å². The van der Waals surface area contributed by atoms with Crippen molar-refractivity contribution in [2.45, 2.75) is 25.7 Å². The highest BCUT2D eigenvalue weighted by Gasteiger charge is 2.57. The molecule has 1 saturated carbocycles. The second kappa shape index (κ2) is 5.97. The predicted octanol–water partition coefficient (Wildman–Crippen LogP) is 3.30. The Kier molecular flexibility index (Phi) is 4.19. The lowest BCUT2D eigenvalue weighted by Gasteiger charge is -2.08. The quantitative estimate of drug-likeness (QED) is 0.791. The minimum absolute atomic E-state index is 0.250. The van der Waals surface area contributed by atoms with Gasteiger partial charge in [-0.3, -0.25) is 9.78 Å². The number of nitrogens with two attached hydrogens (primary N) is 1. The van der Waals surface area contributed by atoms with Crippen LogP contribution in [0.4, 0.5) is 0 Å². The largest absolute Gasteiger partial charge is 0.381 e. The molecule has 2 unspecified atom stereocenters. The van der Waals surface area contributed by atoms with Gasteiger partial charge in [0.25, 0.3) is 0 Å². The van der Waals surface area contributed by atoms with Crippen LogP contribution in [-0.4, -0.2) is 24.6 Å². The van der Waals surface area contributed by atoms with Gasteiger partial charge < -0.3 is 10.5 Å². The molecule has 5 heteroatoms. The number of nitrogens with zero attached hydrogens (tertiary/aromatic N) is 1. The Morgan fingerprint density at radius 1 is 1.41 bits per heavy atom. The summed E-state index contributed by atoms with van der Waals surface area (Å²) in [6, 6.07) is 6.66. The van der Waals surface area contributed by atoms with E-state index in [1.54, 1.807) is 0 Å². The molecule has 2 N–H and O–H groups in total. The zero-order valence-electron chi connectivity index (χ0n) is 12.5. The lowest BCUT2D eigenvalue weighted by atomic mass is 10.00. The standard InChI is InChI=1S/C16H16BrNO.CH3NO/c1-10-4-12-8-18-15(6-11(12)5-14(10)17)13-7-16(13)2-3-19-9-16;2-1-3/h4-6,8,13H,2-3,7,9H2,1H3;1H,(H2,2,3). The Morgan fingerprint density at radius 3 is 2.86 bits per heavy atom. The molecule has 1 aromatic heterocycles. The van der Waals surface area contributed by atoms with E-state index < -0.39 is 0 Å². The van der Waals surface area contributed by atoms with Gasteiger partial charge in [0.2, 0.25) is 6.41 Å². The summed E-state index contributed by atoms with van der Waals surface area (Å²) in [6.45, 7) is 3.97. The molecule has 2 aliphatic rings. The zero-order chi connectivity index (χ0) is 15.7. The van der Waals surface area contributed by atoms with Crippen molar-refractivity contribution in [1.29, 1.82) is 0 Å². The van der Waals surface area contributed by atoms with Gasteiger partial charge >= 0.3 is 0 Å². The summed E-state index contributed by atoms with van der Waals surface area (Å²) in [7, 11) is 0. The van der Waals surface area contributed by atoms with Gasteiger partial charge in [-0.1, -0.05) is 15.9 Å². The molecular formula is C17H19BrN2O2. The number of hydrogen-bond donors (Lipinski definition) is 1. The van der Waals surface area contributed by atoms with Crippen molar-refractivity contribution in [3.05, 3.63) is 40.1 Å². The van der Waals surface area contributed by atoms with Crippen LogP contribution in [0.2, 0.25) is 0 Å². The number of aromatic nitrogens is 1. The molecule has 22 heavy (non-hydrogen) atoms.